The van der Waals surface area contributed by atoms with Gasteiger partial charge in [-0.25, -0.2) is 0 Å². The van der Waals surface area contributed by atoms with E-state index in [1.807, 2.05) is 13.8 Å². The molecule has 2 N–H and O–H groups in total. The fourth-order valence-electron chi connectivity index (χ4n) is 1.34. The number of hydrogen-bond acceptors (Lipinski definition) is 4. The Balaban J connectivity index is -0.000000240. The minimum absolute atomic E-state index is 0. The van der Waals surface area contributed by atoms with Crippen molar-refractivity contribution in [1.29, 1.82) is 0 Å². The maximum atomic E-state index is 9.36. The van der Waals surface area contributed by atoms with Gasteiger partial charge < -0.3 is 19.7 Å². The second-order valence-corrected chi connectivity index (χ2v) is 6.57. The standard InChI is InChI=1S/C7H16.C6H12O2.C3H6O2.2CH4/c1-5-7(4)6(2)3;1-5(2)6(7)3-8-4-6;4-3-1-5-2-3;;/h6-7H,5H2,1-4H3;5,7H,3-4H2,1-2H3;3-4H,1-2H2;2*1H4. The van der Waals surface area contributed by atoms with Crippen molar-refractivity contribution in [2.75, 3.05) is 26.4 Å². The van der Waals surface area contributed by atoms with Crippen molar-refractivity contribution in [1.82, 2.24) is 0 Å². The van der Waals surface area contributed by atoms with Crippen molar-refractivity contribution >= 4 is 0 Å². The lowest BCUT2D eigenvalue weighted by atomic mass is 9.89. The van der Waals surface area contributed by atoms with Gasteiger partial charge in [-0.05, 0) is 17.8 Å². The first-order chi connectivity index (χ1) is 9.23. The monoisotopic (exact) mass is 322 g/mol. The van der Waals surface area contributed by atoms with Gasteiger partial charge >= 0.3 is 0 Å². The Morgan fingerprint density at radius 2 is 1.41 bits per heavy atom. The number of aliphatic hydroxyl groups is 2. The molecule has 0 spiro atoms. The molecule has 2 aliphatic heterocycles. The topological polar surface area (TPSA) is 58.9 Å². The largest absolute Gasteiger partial charge is 0.388 e. The summed E-state index contributed by atoms with van der Waals surface area (Å²) in [6.45, 7) is 15.2. The molecule has 138 valence electrons. The number of aliphatic hydroxyl groups excluding tert-OH is 1. The zero-order valence-corrected chi connectivity index (χ0v) is 14.1. The van der Waals surface area contributed by atoms with Gasteiger partial charge in [0.15, 0.2) is 0 Å². The van der Waals surface area contributed by atoms with Crippen LogP contribution in [-0.4, -0.2) is 48.3 Å². The molecule has 4 heteroatoms. The third kappa shape index (κ3) is 10.5. The molecule has 0 aromatic heterocycles. The summed E-state index contributed by atoms with van der Waals surface area (Å²) in [7, 11) is 0. The van der Waals surface area contributed by atoms with Gasteiger partial charge in [0.2, 0.25) is 0 Å². The molecule has 0 amide bonds. The van der Waals surface area contributed by atoms with Gasteiger partial charge in [-0.3, -0.25) is 0 Å². The Morgan fingerprint density at radius 3 is 1.41 bits per heavy atom. The molecule has 2 rings (SSSR count). The maximum absolute atomic E-state index is 9.36. The highest BCUT2D eigenvalue weighted by Crippen LogP contribution is 2.24. The SMILES string of the molecule is C.C.CC(C)C1(O)COC1.CCC(C)C(C)C.OC1COC1. The van der Waals surface area contributed by atoms with Crippen LogP contribution in [0.1, 0.15) is 62.8 Å². The van der Waals surface area contributed by atoms with Gasteiger partial charge in [-0.15, -0.1) is 0 Å². The molecule has 4 nitrogen and oxygen atoms in total. The first-order valence-corrected chi connectivity index (χ1v) is 7.78. The van der Waals surface area contributed by atoms with E-state index < -0.39 is 5.60 Å². The van der Waals surface area contributed by atoms with Crippen LogP contribution in [0.25, 0.3) is 0 Å². The molecule has 1 atom stereocenters. The third-order valence-corrected chi connectivity index (χ3v) is 4.18. The Bertz CT molecular complexity index is 233. The minimum Gasteiger partial charge on any atom is -0.388 e. The highest BCUT2D eigenvalue weighted by Gasteiger charge is 2.38. The lowest BCUT2D eigenvalue weighted by Gasteiger charge is -2.39. The van der Waals surface area contributed by atoms with Gasteiger partial charge in [0.25, 0.3) is 0 Å². The molecule has 0 aromatic rings. The van der Waals surface area contributed by atoms with Gasteiger partial charge in [0.05, 0.1) is 26.4 Å². The van der Waals surface area contributed by atoms with Crippen molar-refractivity contribution in [3.8, 4) is 0 Å². The van der Waals surface area contributed by atoms with E-state index in [-0.39, 0.29) is 21.0 Å². The van der Waals surface area contributed by atoms with Crippen LogP contribution in [0, 0.1) is 17.8 Å². The molecule has 0 aromatic carbocycles. The first-order valence-electron chi connectivity index (χ1n) is 7.78. The Hall–Kier alpha value is -0.160. The second kappa shape index (κ2) is 13.3. The van der Waals surface area contributed by atoms with Crippen molar-refractivity contribution in [2.45, 2.75) is 74.5 Å². The van der Waals surface area contributed by atoms with Crippen molar-refractivity contribution < 1.29 is 19.7 Å². The average Bonchev–Trinajstić information content (AvgIpc) is 2.33. The van der Waals surface area contributed by atoms with Crippen LogP contribution in [0.2, 0.25) is 0 Å². The molecule has 0 saturated carbocycles. The summed E-state index contributed by atoms with van der Waals surface area (Å²) in [5, 5.41) is 17.7. The van der Waals surface area contributed by atoms with Gasteiger partial charge in [-0.2, -0.15) is 0 Å². The van der Waals surface area contributed by atoms with Crippen LogP contribution in [-0.2, 0) is 9.47 Å². The summed E-state index contributed by atoms with van der Waals surface area (Å²) in [4.78, 5) is 0. The van der Waals surface area contributed by atoms with Crippen LogP contribution >= 0.6 is 0 Å². The van der Waals surface area contributed by atoms with Crippen LogP contribution in [0.15, 0.2) is 0 Å². The number of ether oxygens (including phenoxy) is 2. The molecule has 0 aliphatic carbocycles. The summed E-state index contributed by atoms with van der Waals surface area (Å²) < 4.78 is 9.43. The van der Waals surface area contributed by atoms with E-state index in [9.17, 15) is 5.11 Å². The molecule has 0 bridgehead atoms. The van der Waals surface area contributed by atoms with Gasteiger partial charge in [0, 0.05) is 0 Å². The summed E-state index contributed by atoms with van der Waals surface area (Å²) in [6, 6.07) is 0. The quantitative estimate of drug-likeness (QED) is 0.831. The van der Waals surface area contributed by atoms with Crippen molar-refractivity contribution in [3.63, 3.8) is 0 Å². The molecule has 2 saturated heterocycles. The zero-order valence-electron chi connectivity index (χ0n) is 14.1. The zero-order chi connectivity index (χ0) is 15.8. The fourth-order valence-corrected chi connectivity index (χ4v) is 1.34. The Morgan fingerprint density at radius 1 is 1.00 bits per heavy atom. The highest BCUT2D eigenvalue weighted by atomic mass is 16.5. The van der Waals surface area contributed by atoms with E-state index >= 15 is 0 Å². The predicted octanol–water partition coefficient (Wildman–Crippen LogP) is 3.74. The molecule has 22 heavy (non-hydrogen) atoms. The van der Waals surface area contributed by atoms with Crippen LogP contribution in [0.5, 0.6) is 0 Å². The van der Waals surface area contributed by atoms with Gasteiger partial charge in [0.1, 0.15) is 11.7 Å². The van der Waals surface area contributed by atoms with Crippen LogP contribution in [0.4, 0.5) is 0 Å². The van der Waals surface area contributed by atoms with E-state index in [4.69, 9.17) is 9.84 Å². The van der Waals surface area contributed by atoms with Crippen LogP contribution < -0.4 is 0 Å². The normalized spacial score (nSPS) is 19.9. The minimum atomic E-state index is -0.500. The molecular formula is C18H42O4. The van der Waals surface area contributed by atoms with Crippen LogP contribution in [0.3, 0.4) is 0 Å². The molecule has 2 heterocycles. The Kier molecular flexibility index (Phi) is 16.1. The summed E-state index contributed by atoms with van der Waals surface area (Å²) in [5.74, 6) is 2.10. The molecule has 1 unspecified atom stereocenters. The maximum Gasteiger partial charge on any atom is 0.113 e. The predicted molar refractivity (Wildman–Crippen MR) is 95.2 cm³/mol. The van der Waals surface area contributed by atoms with E-state index in [0.29, 0.717) is 32.3 Å². The van der Waals surface area contributed by atoms with E-state index in [0.717, 1.165) is 11.8 Å². The summed E-state index contributed by atoms with van der Waals surface area (Å²) in [5.41, 5.74) is -0.500. The smallest absolute Gasteiger partial charge is 0.113 e. The number of hydrogen-bond donors (Lipinski definition) is 2. The average molecular weight is 323 g/mol. The lowest BCUT2D eigenvalue weighted by molar-refractivity contribution is -0.200. The van der Waals surface area contributed by atoms with Crippen molar-refractivity contribution in [3.05, 3.63) is 0 Å². The first kappa shape index (κ1) is 26.7. The van der Waals surface area contributed by atoms with Crippen molar-refractivity contribution in [2.24, 2.45) is 17.8 Å². The fraction of sp³-hybridized carbons (Fsp3) is 1.00. The Labute approximate surface area is 139 Å². The number of rotatable bonds is 3. The highest BCUT2D eigenvalue weighted by molar-refractivity contribution is 4.87. The lowest BCUT2D eigenvalue weighted by Crippen LogP contribution is -2.53. The van der Waals surface area contributed by atoms with E-state index in [2.05, 4.69) is 32.4 Å². The summed E-state index contributed by atoms with van der Waals surface area (Å²) in [6.07, 6.45) is 1.16. The summed E-state index contributed by atoms with van der Waals surface area (Å²) >= 11 is 0. The second-order valence-electron chi connectivity index (χ2n) is 6.57. The molecule has 0 radical (unpaired) electrons. The van der Waals surface area contributed by atoms with Gasteiger partial charge in [-0.1, -0.05) is 62.8 Å². The molecule has 2 fully saturated rings. The van der Waals surface area contributed by atoms with E-state index in [1.54, 1.807) is 0 Å². The third-order valence-electron chi connectivity index (χ3n) is 4.18. The molecule has 2 aliphatic rings. The molecular weight excluding hydrogens is 280 g/mol. The van der Waals surface area contributed by atoms with E-state index in [1.165, 1.54) is 6.42 Å².